The van der Waals surface area contributed by atoms with Crippen LogP contribution in [-0.4, -0.2) is 43.6 Å². The molecule has 9 nitrogen and oxygen atoms in total. The van der Waals surface area contributed by atoms with Crippen molar-refractivity contribution in [3.05, 3.63) is 85.0 Å². The number of benzene rings is 2. The maximum atomic E-state index is 13.0. The summed E-state index contributed by atoms with van der Waals surface area (Å²) in [5.74, 6) is 0.217. The highest BCUT2D eigenvalue weighted by Gasteiger charge is 2.21. The molecule has 1 amide bonds. The van der Waals surface area contributed by atoms with Crippen LogP contribution in [0.5, 0.6) is 11.8 Å². The van der Waals surface area contributed by atoms with Crippen LogP contribution in [0.25, 0.3) is 11.2 Å². The van der Waals surface area contributed by atoms with Gasteiger partial charge in [-0.25, -0.2) is 4.79 Å². The second kappa shape index (κ2) is 8.70. The Kier molecular flexibility index (Phi) is 5.94. The zero-order valence-electron chi connectivity index (χ0n) is 18.6. The number of halogens is 1. The first kappa shape index (κ1) is 22.5. The molecule has 170 valence electrons. The molecule has 4 rings (SSSR count). The molecule has 33 heavy (non-hydrogen) atoms. The standard InChI is InChI=1S/C23H22BrN5O4/c1-26(2)20(30)15-8-6-10-17(12-15)33-22-25-19-18(21(31)28(4)23(32)27(19)3)29(22)13-14-7-5-9-16(24)11-14/h5-12H,13H2,1-4H3. The fourth-order valence-corrected chi connectivity index (χ4v) is 3.97. The lowest BCUT2D eigenvalue weighted by atomic mass is 10.2. The predicted octanol–water partition coefficient (Wildman–Crippen LogP) is 2.74. The van der Waals surface area contributed by atoms with Crippen LogP contribution in [0.3, 0.4) is 0 Å². The fourth-order valence-electron chi connectivity index (χ4n) is 3.53. The van der Waals surface area contributed by atoms with E-state index in [1.807, 2.05) is 24.3 Å². The number of hydrogen-bond acceptors (Lipinski definition) is 5. The van der Waals surface area contributed by atoms with E-state index in [9.17, 15) is 14.4 Å². The SMILES string of the molecule is CN(C)C(=O)c1cccc(Oc2nc3c(c(=O)n(C)c(=O)n3C)n2Cc2cccc(Br)c2)c1. The minimum absolute atomic E-state index is 0.137. The van der Waals surface area contributed by atoms with Crippen LogP contribution >= 0.6 is 15.9 Å². The highest BCUT2D eigenvalue weighted by atomic mass is 79.9. The Morgan fingerprint density at radius 1 is 1.06 bits per heavy atom. The van der Waals surface area contributed by atoms with Crippen LogP contribution in [-0.2, 0) is 20.6 Å². The molecular formula is C23H22BrN5O4. The van der Waals surface area contributed by atoms with Gasteiger partial charge in [0.1, 0.15) is 5.75 Å². The zero-order chi connectivity index (χ0) is 23.9. The molecule has 2 heterocycles. The Hall–Kier alpha value is -3.66. The molecule has 0 saturated carbocycles. The number of rotatable bonds is 5. The first-order valence-electron chi connectivity index (χ1n) is 10.1. The number of ether oxygens (including phenoxy) is 1. The monoisotopic (exact) mass is 511 g/mol. The Balaban J connectivity index is 1.89. The number of aryl methyl sites for hydroxylation is 1. The van der Waals surface area contributed by atoms with E-state index in [0.29, 0.717) is 11.3 Å². The quantitative estimate of drug-likeness (QED) is 0.410. The summed E-state index contributed by atoms with van der Waals surface area (Å²) < 4.78 is 10.9. The zero-order valence-corrected chi connectivity index (χ0v) is 20.2. The van der Waals surface area contributed by atoms with E-state index in [1.54, 1.807) is 50.0 Å². The smallest absolute Gasteiger partial charge is 0.332 e. The average molecular weight is 512 g/mol. The Morgan fingerprint density at radius 3 is 2.48 bits per heavy atom. The number of hydrogen-bond donors (Lipinski definition) is 0. The van der Waals surface area contributed by atoms with E-state index < -0.39 is 11.2 Å². The van der Waals surface area contributed by atoms with Gasteiger partial charge in [-0.15, -0.1) is 0 Å². The van der Waals surface area contributed by atoms with E-state index in [4.69, 9.17) is 4.74 Å². The van der Waals surface area contributed by atoms with Crippen LogP contribution < -0.4 is 16.0 Å². The Bertz CT molecular complexity index is 1500. The summed E-state index contributed by atoms with van der Waals surface area (Å²) in [7, 11) is 6.32. The topological polar surface area (TPSA) is 91.4 Å². The van der Waals surface area contributed by atoms with Crippen molar-refractivity contribution in [2.45, 2.75) is 6.54 Å². The normalized spacial score (nSPS) is 11.1. The van der Waals surface area contributed by atoms with Gasteiger partial charge in [0.05, 0.1) is 6.54 Å². The van der Waals surface area contributed by atoms with Crippen LogP contribution in [0.4, 0.5) is 0 Å². The van der Waals surface area contributed by atoms with E-state index >= 15 is 0 Å². The average Bonchev–Trinajstić information content (AvgIpc) is 3.13. The third-order valence-electron chi connectivity index (χ3n) is 5.24. The van der Waals surface area contributed by atoms with Crippen molar-refractivity contribution < 1.29 is 9.53 Å². The van der Waals surface area contributed by atoms with Gasteiger partial charge in [-0.1, -0.05) is 34.1 Å². The molecule has 2 aromatic carbocycles. The molecule has 0 spiro atoms. The fraction of sp³-hybridized carbons (Fsp3) is 0.217. The Morgan fingerprint density at radius 2 is 1.79 bits per heavy atom. The summed E-state index contributed by atoms with van der Waals surface area (Å²) in [6.45, 7) is 0.287. The molecule has 10 heteroatoms. The molecule has 2 aromatic heterocycles. The van der Waals surface area contributed by atoms with Gasteiger partial charge in [-0.3, -0.25) is 23.3 Å². The lowest BCUT2D eigenvalue weighted by Gasteiger charge is -2.13. The van der Waals surface area contributed by atoms with Gasteiger partial charge in [0, 0.05) is 38.2 Å². The maximum absolute atomic E-state index is 13.0. The van der Waals surface area contributed by atoms with Gasteiger partial charge in [0.2, 0.25) is 0 Å². The molecule has 0 aliphatic carbocycles. The molecule has 0 bridgehead atoms. The lowest BCUT2D eigenvalue weighted by molar-refractivity contribution is 0.0827. The van der Waals surface area contributed by atoms with Crippen molar-refractivity contribution in [3.8, 4) is 11.8 Å². The van der Waals surface area contributed by atoms with Crippen molar-refractivity contribution in [2.24, 2.45) is 14.1 Å². The van der Waals surface area contributed by atoms with Gasteiger partial charge < -0.3 is 9.64 Å². The van der Waals surface area contributed by atoms with Crippen molar-refractivity contribution in [1.29, 1.82) is 0 Å². The highest BCUT2D eigenvalue weighted by Crippen LogP contribution is 2.26. The van der Waals surface area contributed by atoms with Crippen LogP contribution in [0.15, 0.2) is 62.6 Å². The molecule has 0 aliphatic rings. The number of carbonyl (C=O) groups excluding carboxylic acids is 1. The molecule has 0 aliphatic heterocycles. The van der Waals surface area contributed by atoms with Crippen molar-refractivity contribution in [1.82, 2.24) is 23.6 Å². The van der Waals surface area contributed by atoms with Crippen LogP contribution in [0, 0.1) is 0 Å². The first-order chi connectivity index (χ1) is 15.7. The predicted molar refractivity (Wildman–Crippen MR) is 128 cm³/mol. The van der Waals surface area contributed by atoms with E-state index in [1.165, 1.54) is 16.5 Å². The minimum Gasteiger partial charge on any atom is -0.425 e. The van der Waals surface area contributed by atoms with E-state index in [0.717, 1.165) is 14.6 Å². The molecule has 4 aromatic rings. The maximum Gasteiger partial charge on any atom is 0.332 e. The molecular weight excluding hydrogens is 490 g/mol. The third kappa shape index (κ3) is 4.21. The van der Waals surface area contributed by atoms with Gasteiger partial charge in [-0.05, 0) is 35.9 Å². The summed E-state index contributed by atoms with van der Waals surface area (Å²) in [6.07, 6.45) is 0. The largest absolute Gasteiger partial charge is 0.425 e. The molecule has 0 saturated heterocycles. The summed E-state index contributed by atoms with van der Waals surface area (Å²) in [5, 5.41) is 0. The van der Waals surface area contributed by atoms with Crippen molar-refractivity contribution in [3.63, 3.8) is 0 Å². The van der Waals surface area contributed by atoms with Crippen LogP contribution in [0.1, 0.15) is 15.9 Å². The second-order valence-corrected chi connectivity index (χ2v) is 8.73. The number of imidazole rings is 1. The number of aromatic nitrogens is 4. The molecule has 0 atom stereocenters. The number of nitrogens with zero attached hydrogens (tertiary/aromatic N) is 5. The molecule has 0 fully saturated rings. The van der Waals surface area contributed by atoms with Gasteiger partial charge in [0.25, 0.3) is 11.5 Å². The van der Waals surface area contributed by atoms with Gasteiger partial charge >= 0.3 is 11.7 Å². The molecule has 0 unspecified atom stereocenters. The number of carbonyl (C=O) groups is 1. The second-order valence-electron chi connectivity index (χ2n) is 7.82. The molecule has 0 radical (unpaired) electrons. The van der Waals surface area contributed by atoms with Gasteiger partial charge in [0.15, 0.2) is 11.2 Å². The Labute approximate surface area is 197 Å². The van der Waals surface area contributed by atoms with E-state index in [2.05, 4.69) is 20.9 Å². The first-order valence-corrected chi connectivity index (χ1v) is 10.9. The van der Waals surface area contributed by atoms with Crippen molar-refractivity contribution in [2.75, 3.05) is 14.1 Å². The van der Waals surface area contributed by atoms with Gasteiger partial charge in [-0.2, -0.15) is 4.98 Å². The van der Waals surface area contributed by atoms with E-state index in [-0.39, 0.29) is 29.6 Å². The summed E-state index contributed by atoms with van der Waals surface area (Å²) in [4.78, 5) is 43.8. The third-order valence-corrected chi connectivity index (χ3v) is 5.73. The highest BCUT2D eigenvalue weighted by molar-refractivity contribution is 9.10. The lowest BCUT2D eigenvalue weighted by Crippen LogP contribution is -2.37. The number of amides is 1. The number of fused-ring (bicyclic) bond motifs is 1. The summed E-state index contributed by atoms with van der Waals surface area (Å²) in [6, 6.07) is 14.5. The summed E-state index contributed by atoms with van der Waals surface area (Å²) >= 11 is 3.47. The molecule has 0 N–H and O–H groups in total. The van der Waals surface area contributed by atoms with Crippen LogP contribution in [0.2, 0.25) is 0 Å². The minimum atomic E-state index is -0.482. The van der Waals surface area contributed by atoms with Crippen molar-refractivity contribution >= 4 is 33.0 Å². The summed E-state index contributed by atoms with van der Waals surface area (Å²) in [5.41, 5.74) is 0.867.